The van der Waals surface area contributed by atoms with Gasteiger partial charge in [0.2, 0.25) is 11.8 Å². The summed E-state index contributed by atoms with van der Waals surface area (Å²) in [7, 11) is 0. The maximum atomic E-state index is 12.0. The molecule has 0 bridgehead atoms. The molecule has 0 atom stereocenters. The first-order chi connectivity index (χ1) is 11.6. The molecular weight excluding hydrogens is 302 g/mol. The molecule has 5 nitrogen and oxygen atoms in total. The third-order valence-corrected chi connectivity index (χ3v) is 3.95. The highest BCUT2D eigenvalue weighted by molar-refractivity contribution is 5.96. The molecule has 0 aliphatic rings. The van der Waals surface area contributed by atoms with Gasteiger partial charge in [-0.15, -0.1) is 0 Å². The van der Waals surface area contributed by atoms with Crippen molar-refractivity contribution in [2.45, 2.75) is 59.3 Å². The molecule has 134 valence electrons. The molecular formula is C19H31N3O2. The van der Waals surface area contributed by atoms with Gasteiger partial charge in [0.05, 0.1) is 6.54 Å². The van der Waals surface area contributed by atoms with Crippen LogP contribution in [0, 0.1) is 6.92 Å². The molecule has 1 aromatic rings. The quantitative estimate of drug-likeness (QED) is 0.539. The number of carbonyl (C=O) groups excluding carboxylic acids is 2. The van der Waals surface area contributed by atoms with E-state index in [0.29, 0.717) is 13.0 Å². The molecule has 0 aliphatic heterocycles. The zero-order chi connectivity index (χ0) is 17.8. The Morgan fingerprint density at radius 1 is 0.917 bits per heavy atom. The lowest BCUT2D eigenvalue weighted by Crippen LogP contribution is -2.29. The van der Waals surface area contributed by atoms with Crippen LogP contribution in [-0.2, 0) is 9.59 Å². The molecule has 2 amide bonds. The van der Waals surface area contributed by atoms with Gasteiger partial charge in [-0.05, 0) is 37.6 Å². The first-order valence-electron chi connectivity index (χ1n) is 8.98. The molecule has 0 radical (unpaired) electrons. The minimum atomic E-state index is -0.0642. The van der Waals surface area contributed by atoms with Crippen molar-refractivity contribution in [1.82, 2.24) is 5.32 Å². The van der Waals surface area contributed by atoms with Gasteiger partial charge < -0.3 is 16.0 Å². The molecule has 0 heterocycles. The summed E-state index contributed by atoms with van der Waals surface area (Å²) in [6.07, 6.45) is 6.53. The molecule has 0 saturated carbocycles. The second kappa shape index (κ2) is 11.6. The molecule has 1 rings (SSSR count). The number of carbonyl (C=O) groups is 2. The van der Waals surface area contributed by atoms with Crippen molar-refractivity contribution in [2.75, 3.05) is 23.7 Å². The normalized spacial score (nSPS) is 10.5. The fourth-order valence-corrected chi connectivity index (χ4v) is 2.39. The predicted molar refractivity (Wildman–Crippen MR) is 100 cm³/mol. The summed E-state index contributed by atoms with van der Waals surface area (Å²) in [6.45, 7) is 7.07. The van der Waals surface area contributed by atoms with Gasteiger partial charge in [-0.1, -0.05) is 45.6 Å². The highest BCUT2D eigenvalue weighted by Crippen LogP contribution is 2.23. The number of benzene rings is 1. The van der Waals surface area contributed by atoms with Crippen LogP contribution in [0.5, 0.6) is 0 Å². The van der Waals surface area contributed by atoms with Gasteiger partial charge in [0.15, 0.2) is 0 Å². The van der Waals surface area contributed by atoms with Crippen molar-refractivity contribution in [3.05, 3.63) is 23.8 Å². The second-order valence-corrected chi connectivity index (χ2v) is 6.02. The van der Waals surface area contributed by atoms with E-state index in [-0.39, 0.29) is 11.8 Å². The second-order valence-electron chi connectivity index (χ2n) is 6.02. The Kier molecular flexibility index (Phi) is 9.77. The standard InChI is InChI=1S/C19H31N3O2/c1-4-6-7-8-9-13-20-14-19(24)22-17-12-10-11-16(15(17)3)21-18(23)5-2/h10-12,20H,4-9,13-14H2,1-3H3,(H,21,23)(H,22,24). The molecule has 24 heavy (non-hydrogen) atoms. The van der Waals surface area contributed by atoms with Crippen molar-refractivity contribution < 1.29 is 9.59 Å². The zero-order valence-electron chi connectivity index (χ0n) is 15.2. The van der Waals surface area contributed by atoms with Crippen LogP contribution >= 0.6 is 0 Å². The van der Waals surface area contributed by atoms with E-state index in [4.69, 9.17) is 0 Å². The summed E-state index contributed by atoms with van der Waals surface area (Å²) in [4.78, 5) is 23.6. The fraction of sp³-hybridized carbons (Fsp3) is 0.579. The number of anilines is 2. The molecule has 0 saturated heterocycles. The van der Waals surface area contributed by atoms with Gasteiger partial charge in [0.25, 0.3) is 0 Å². The van der Waals surface area contributed by atoms with Crippen LogP contribution in [-0.4, -0.2) is 24.9 Å². The summed E-state index contributed by atoms with van der Waals surface area (Å²) >= 11 is 0. The first-order valence-corrected chi connectivity index (χ1v) is 8.98. The maximum Gasteiger partial charge on any atom is 0.238 e. The van der Waals surface area contributed by atoms with Gasteiger partial charge in [-0.25, -0.2) is 0 Å². The van der Waals surface area contributed by atoms with Gasteiger partial charge in [-0.3, -0.25) is 9.59 Å². The number of nitrogens with one attached hydrogen (secondary N) is 3. The van der Waals surface area contributed by atoms with Crippen molar-refractivity contribution in [2.24, 2.45) is 0 Å². The van der Waals surface area contributed by atoms with Gasteiger partial charge in [-0.2, -0.15) is 0 Å². The molecule has 0 spiro atoms. The summed E-state index contributed by atoms with van der Waals surface area (Å²) in [5, 5.41) is 8.92. The molecule has 0 fully saturated rings. The Labute approximate surface area is 145 Å². The predicted octanol–water partition coefficient (Wildman–Crippen LogP) is 3.84. The average molecular weight is 333 g/mol. The van der Waals surface area contributed by atoms with Crippen LogP contribution in [0.3, 0.4) is 0 Å². The molecule has 0 aliphatic carbocycles. The SMILES string of the molecule is CCCCCCCNCC(=O)Nc1cccc(NC(=O)CC)c1C. The monoisotopic (exact) mass is 333 g/mol. The molecule has 0 aromatic heterocycles. The topological polar surface area (TPSA) is 70.2 Å². The van der Waals surface area contributed by atoms with Gasteiger partial charge in [0.1, 0.15) is 0 Å². The lowest BCUT2D eigenvalue weighted by Gasteiger charge is -2.13. The first kappa shape index (κ1) is 20.2. The van der Waals surface area contributed by atoms with Crippen LogP contribution in [0.4, 0.5) is 11.4 Å². The number of hydrogen-bond donors (Lipinski definition) is 3. The Hall–Kier alpha value is -1.88. The van der Waals surface area contributed by atoms with Crippen molar-refractivity contribution in [3.63, 3.8) is 0 Å². The lowest BCUT2D eigenvalue weighted by atomic mass is 10.1. The number of rotatable bonds is 11. The van der Waals surface area contributed by atoms with Crippen LogP contribution < -0.4 is 16.0 Å². The third kappa shape index (κ3) is 7.59. The molecule has 5 heteroatoms. The number of hydrogen-bond acceptors (Lipinski definition) is 3. The van der Waals surface area contributed by atoms with E-state index >= 15 is 0 Å². The zero-order valence-corrected chi connectivity index (χ0v) is 15.2. The number of unbranched alkanes of at least 4 members (excludes halogenated alkanes) is 4. The fourth-order valence-electron chi connectivity index (χ4n) is 2.39. The van der Waals surface area contributed by atoms with Crippen molar-refractivity contribution >= 4 is 23.2 Å². The summed E-state index contributed by atoms with van der Waals surface area (Å²) in [6, 6.07) is 5.52. The van der Waals surface area contributed by atoms with E-state index in [1.54, 1.807) is 0 Å². The van der Waals surface area contributed by atoms with Crippen molar-refractivity contribution in [3.8, 4) is 0 Å². The van der Waals surface area contributed by atoms with Crippen LogP contribution in [0.15, 0.2) is 18.2 Å². The number of amides is 2. The molecule has 0 unspecified atom stereocenters. The summed E-state index contributed by atoms with van der Waals surface area (Å²) < 4.78 is 0. The van der Waals surface area contributed by atoms with Gasteiger partial charge >= 0.3 is 0 Å². The molecule has 1 aromatic carbocycles. The highest BCUT2D eigenvalue weighted by Gasteiger charge is 2.09. The molecule has 3 N–H and O–H groups in total. The average Bonchev–Trinajstić information content (AvgIpc) is 2.57. The van der Waals surface area contributed by atoms with Crippen LogP contribution in [0.1, 0.15) is 57.9 Å². The lowest BCUT2D eigenvalue weighted by molar-refractivity contribution is -0.116. The van der Waals surface area contributed by atoms with E-state index in [2.05, 4.69) is 22.9 Å². The summed E-state index contributed by atoms with van der Waals surface area (Å²) in [5.41, 5.74) is 2.34. The van der Waals surface area contributed by atoms with Gasteiger partial charge in [0, 0.05) is 17.8 Å². The van der Waals surface area contributed by atoms with Crippen molar-refractivity contribution in [1.29, 1.82) is 0 Å². The van der Waals surface area contributed by atoms with Crippen LogP contribution in [0.25, 0.3) is 0 Å². The Morgan fingerprint density at radius 2 is 1.54 bits per heavy atom. The largest absolute Gasteiger partial charge is 0.326 e. The Morgan fingerprint density at radius 3 is 2.17 bits per heavy atom. The van der Waals surface area contributed by atoms with E-state index in [1.807, 2.05) is 32.0 Å². The summed E-state index contributed by atoms with van der Waals surface area (Å²) in [5.74, 6) is -0.100. The van der Waals surface area contributed by atoms with E-state index < -0.39 is 0 Å². The minimum Gasteiger partial charge on any atom is -0.326 e. The minimum absolute atomic E-state index is 0.0358. The van der Waals surface area contributed by atoms with E-state index in [1.165, 1.54) is 25.7 Å². The van der Waals surface area contributed by atoms with E-state index in [9.17, 15) is 9.59 Å². The van der Waals surface area contributed by atoms with Crippen LogP contribution in [0.2, 0.25) is 0 Å². The third-order valence-electron chi connectivity index (χ3n) is 3.95. The smallest absolute Gasteiger partial charge is 0.238 e. The van der Waals surface area contributed by atoms with E-state index in [0.717, 1.165) is 29.9 Å². The Bertz CT molecular complexity index is 529. The Balaban J connectivity index is 2.38. The highest BCUT2D eigenvalue weighted by atomic mass is 16.2. The maximum absolute atomic E-state index is 12.0.